The van der Waals surface area contributed by atoms with E-state index in [1.54, 1.807) is 24.3 Å². The number of anilines is 2. The van der Waals surface area contributed by atoms with Crippen LogP contribution in [0, 0.1) is 0 Å². The third-order valence-electron chi connectivity index (χ3n) is 3.98. The summed E-state index contributed by atoms with van der Waals surface area (Å²) in [5.74, 6) is -1.33. The number of carbonyl (C=O) groups is 3. The second kappa shape index (κ2) is 4.76. The molecular weight excluding hydrogens is 274 g/mol. The summed E-state index contributed by atoms with van der Waals surface area (Å²) in [5.41, 5.74) is -0.0868. The number of urea groups is 1. The van der Waals surface area contributed by atoms with Crippen molar-refractivity contribution in [2.24, 2.45) is 0 Å². The van der Waals surface area contributed by atoms with Crippen LogP contribution in [0.2, 0.25) is 0 Å². The van der Waals surface area contributed by atoms with E-state index in [0.29, 0.717) is 24.2 Å². The largest absolute Gasteiger partial charge is 0.480 e. The number of fused-ring (bicyclic) bond motifs is 1. The van der Waals surface area contributed by atoms with Crippen molar-refractivity contribution >= 4 is 29.3 Å². The molecule has 0 aromatic heterocycles. The van der Waals surface area contributed by atoms with Crippen molar-refractivity contribution in [3.63, 3.8) is 0 Å². The molecule has 1 saturated carbocycles. The van der Waals surface area contributed by atoms with Crippen molar-refractivity contribution < 1.29 is 19.5 Å². The molecule has 1 aliphatic carbocycles. The number of carboxylic acids is 1. The fraction of sp³-hybridized carbons (Fsp3) is 0.357. The molecule has 1 aliphatic heterocycles. The van der Waals surface area contributed by atoms with Crippen LogP contribution in [0.5, 0.6) is 0 Å². The molecule has 7 heteroatoms. The zero-order valence-electron chi connectivity index (χ0n) is 11.3. The highest BCUT2D eigenvalue weighted by molar-refractivity contribution is 6.10. The summed E-state index contributed by atoms with van der Waals surface area (Å²) in [4.78, 5) is 36.7. The van der Waals surface area contributed by atoms with Gasteiger partial charge in [-0.2, -0.15) is 0 Å². The highest BCUT2D eigenvalue weighted by atomic mass is 16.4. The monoisotopic (exact) mass is 289 g/mol. The molecule has 0 atom stereocenters. The fourth-order valence-corrected chi connectivity index (χ4v) is 2.61. The number of benzene rings is 1. The second-order valence-corrected chi connectivity index (χ2v) is 5.32. The lowest BCUT2D eigenvalue weighted by atomic mass is 9.77. The van der Waals surface area contributed by atoms with E-state index in [2.05, 4.69) is 10.6 Å². The predicted octanol–water partition coefficient (Wildman–Crippen LogP) is 1.16. The summed E-state index contributed by atoms with van der Waals surface area (Å²) in [5, 5.41) is 14.5. The van der Waals surface area contributed by atoms with Crippen LogP contribution in [0.3, 0.4) is 0 Å². The van der Waals surface area contributed by atoms with Crippen LogP contribution in [0.15, 0.2) is 24.3 Å². The molecule has 1 fully saturated rings. The smallest absolute Gasteiger partial charge is 0.329 e. The number of aliphatic carboxylic acids is 1. The van der Waals surface area contributed by atoms with Crippen LogP contribution in [-0.4, -0.2) is 35.1 Å². The Morgan fingerprint density at radius 1 is 1.29 bits per heavy atom. The third-order valence-corrected chi connectivity index (χ3v) is 3.98. The number of para-hydroxylation sites is 2. The van der Waals surface area contributed by atoms with Crippen molar-refractivity contribution in [1.82, 2.24) is 5.32 Å². The molecule has 1 aromatic carbocycles. The minimum absolute atomic E-state index is 0.126. The van der Waals surface area contributed by atoms with Crippen molar-refractivity contribution in [1.29, 1.82) is 0 Å². The zero-order chi connectivity index (χ0) is 15.0. The van der Waals surface area contributed by atoms with Crippen LogP contribution in [0.25, 0.3) is 0 Å². The van der Waals surface area contributed by atoms with Crippen LogP contribution in [0.1, 0.15) is 19.3 Å². The van der Waals surface area contributed by atoms with E-state index >= 15 is 0 Å². The Labute approximate surface area is 120 Å². The minimum Gasteiger partial charge on any atom is -0.480 e. The lowest BCUT2D eigenvalue weighted by molar-refractivity contribution is -0.148. The molecule has 0 bridgehead atoms. The van der Waals surface area contributed by atoms with Crippen molar-refractivity contribution in [2.75, 3.05) is 16.8 Å². The Balaban J connectivity index is 1.85. The number of nitrogens with one attached hydrogen (secondary N) is 2. The molecule has 1 aromatic rings. The van der Waals surface area contributed by atoms with Crippen molar-refractivity contribution in [2.45, 2.75) is 24.8 Å². The standard InChI is InChI=1S/C14H15N3O4/c18-11-8-17(10-5-2-1-4-9(10)15-11)13(21)16-14(12(19)20)6-3-7-14/h1-2,4-5H,3,6-8H2,(H,15,18)(H,16,21)(H,19,20). The zero-order valence-corrected chi connectivity index (χ0v) is 11.3. The Bertz CT molecular complexity index is 624. The molecule has 3 rings (SSSR count). The molecule has 0 spiro atoms. The molecule has 0 radical (unpaired) electrons. The maximum atomic E-state index is 12.4. The Morgan fingerprint density at radius 3 is 2.62 bits per heavy atom. The van der Waals surface area contributed by atoms with Gasteiger partial charge in [0.2, 0.25) is 5.91 Å². The van der Waals surface area contributed by atoms with Gasteiger partial charge in [0.05, 0.1) is 11.4 Å². The number of rotatable bonds is 2. The fourth-order valence-electron chi connectivity index (χ4n) is 2.61. The molecular formula is C14H15N3O4. The maximum Gasteiger partial charge on any atom is 0.329 e. The van der Waals surface area contributed by atoms with Gasteiger partial charge in [-0.1, -0.05) is 12.1 Å². The van der Waals surface area contributed by atoms with E-state index in [1.165, 1.54) is 4.90 Å². The average molecular weight is 289 g/mol. The number of hydrogen-bond donors (Lipinski definition) is 3. The van der Waals surface area contributed by atoms with Gasteiger partial charge in [0, 0.05) is 0 Å². The lowest BCUT2D eigenvalue weighted by Gasteiger charge is -2.40. The van der Waals surface area contributed by atoms with Gasteiger partial charge < -0.3 is 15.7 Å². The number of carboxylic acid groups (broad SMARTS) is 1. The summed E-state index contributed by atoms with van der Waals surface area (Å²) in [6.07, 6.45) is 1.59. The number of carbonyl (C=O) groups excluding carboxylic acids is 2. The highest BCUT2D eigenvalue weighted by Crippen LogP contribution is 2.34. The SMILES string of the molecule is O=C1CN(C(=O)NC2(C(=O)O)CCC2)c2ccccc2N1. The van der Waals surface area contributed by atoms with Crippen LogP contribution < -0.4 is 15.5 Å². The molecule has 1 heterocycles. The number of hydrogen-bond acceptors (Lipinski definition) is 3. The van der Waals surface area contributed by atoms with E-state index in [-0.39, 0.29) is 12.5 Å². The molecule has 3 N–H and O–H groups in total. The Morgan fingerprint density at radius 2 is 2.00 bits per heavy atom. The minimum atomic E-state index is -1.19. The van der Waals surface area contributed by atoms with E-state index < -0.39 is 17.5 Å². The molecule has 0 saturated heterocycles. The summed E-state index contributed by atoms with van der Waals surface area (Å²) in [6, 6.07) is 6.36. The van der Waals surface area contributed by atoms with Crippen molar-refractivity contribution in [3.05, 3.63) is 24.3 Å². The molecule has 3 amide bonds. The predicted molar refractivity (Wildman–Crippen MR) is 75.2 cm³/mol. The van der Waals surface area contributed by atoms with E-state index in [1.807, 2.05) is 0 Å². The normalized spacial score (nSPS) is 19.0. The first kappa shape index (κ1) is 13.4. The third kappa shape index (κ3) is 2.20. The summed E-state index contributed by atoms with van der Waals surface area (Å²) in [7, 11) is 0. The first-order valence-corrected chi connectivity index (χ1v) is 6.74. The van der Waals surface area contributed by atoms with E-state index in [4.69, 9.17) is 0 Å². The van der Waals surface area contributed by atoms with Gasteiger partial charge in [0.25, 0.3) is 0 Å². The lowest BCUT2D eigenvalue weighted by Crippen LogP contribution is -2.62. The first-order valence-electron chi connectivity index (χ1n) is 6.74. The topological polar surface area (TPSA) is 98.7 Å². The number of nitrogens with zero attached hydrogens (tertiary/aromatic N) is 1. The van der Waals surface area contributed by atoms with E-state index in [0.717, 1.165) is 6.42 Å². The molecule has 110 valence electrons. The van der Waals surface area contributed by atoms with Gasteiger partial charge in [-0.05, 0) is 31.4 Å². The van der Waals surface area contributed by atoms with Gasteiger partial charge in [-0.3, -0.25) is 9.69 Å². The summed E-state index contributed by atoms with van der Waals surface area (Å²) in [6.45, 7) is -0.126. The van der Waals surface area contributed by atoms with Crippen LogP contribution in [0.4, 0.5) is 16.2 Å². The highest BCUT2D eigenvalue weighted by Gasteiger charge is 2.46. The maximum absolute atomic E-state index is 12.4. The molecule has 0 unspecified atom stereocenters. The van der Waals surface area contributed by atoms with Crippen LogP contribution >= 0.6 is 0 Å². The summed E-state index contributed by atoms with van der Waals surface area (Å²) >= 11 is 0. The number of amides is 3. The first-order chi connectivity index (χ1) is 10.0. The second-order valence-electron chi connectivity index (χ2n) is 5.32. The van der Waals surface area contributed by atoms with Gasteiger partial charge >= 0.3 is 12.0 Å². The van der Waals surface area contributed by atoms with Gasteiger partial charge in [-0.15, -0.1) is 0 Å². The van der Waals surface area contributed by atoms with E-state index in [9.17, 15) is 19.5 Å². The van der Waals surface area contributed by atoms with Gasteiger partial charge in [-0.25, -0.2) is 9.59 Å². The summed E-state index contributed by atoms with van der Waals surface area (Å²) < 4.78 is 0. The van der Waals surface area contributed by atoms with Gasteiger partial charge in [0.1, 0.15) is 12.1 Å². The quantitative estimate of drug-likeness (QED) is 0.760. The average Bonchev–Trinajstić information content (AvgIpc) is 2.41. The van der Waals surface area contributed by atoms with Gasteiger partial charge in [0.15, 0.2) is 0 Å². The Kier molecular flexibility index (Phi) is 3.04. The van der Waals surface area contributed by atoms with Crippen molar-refractivity contribution in [3.8, 4) is 0 Å². The Hall–Kier alpha value is -2.57. The molecule has 2 aliphatic rings. The molecule has 21 heavy (non-hydrogen) atoms. The molecule has 7 nitrogen and oxygen atoms in total. The van der Waals surface area contributed by atoms with Crippen LogP contribution in [-0.2, 0) is 9.59 Å².